The molecule has 0 aliphatic rings. The molecular weight excluding hydrogens is 266 g/mol. The number of carbonyl (C=O) groups excluding carboxylic acids is 3. The molecule has 1 aromatic heterocycles. The molecule has 0 fully saturated rings. The van der Waals surface area contributed by atoms with Crippen LogP contribution in [0, 0.1) is 0 Å². The molecule has 5 N–H and O–H groups in total. The van der Waals surface area contributed by atoms with Gasteiger partial charge in [-0.05, 0) is 18.6 Å². The van der Waals surface area contributed by atoms with Gasteiger partial charge in [-0.25, -0.2) is 0 Å². The number of hydrogen-bond donors (Lipinski definition) is 4. The second-order valence-corrected chi connectivity index (χ2v) is 4.06. The summed E-state index contributed by atoms with van der Waals surface area (Å²) in [6.07, 6.45) is 0.582. The van der Waals surface area contributed by atoms with Crippen molar-refractivity contribution in [1.82, 2.24) is 10.6 Å². The highest BCUT2D eigenvalue weighted by Crippen LogP contribution is 1.99. The van der Waals surface area contributed by atoms with Gasteiger partial charge in [-0.15, -0.1) is 0 Å². The maximum atomic E-state index is 11.5. The summed E-state index contributed by atoms with van der Waals surface area (Å²) >= 11 is 0. The predicted molar refractivity (Wildman–Crippen MR) is 68.5 cm³/mol. The average molecular weight is 283 g/mol. The molecule has 1 unspecified atom stereocenters. The molecule has 0 radical (unpaired) electrons. The van der Waals surface area contributed by atoms with Gasteiger partial charge >= 0.3 is 0 Å². The zero-order valence-corrected chi connectivity index (χ0v) is 10.8. The van der Waals surface area contributed by atoms with Crippen LogP contribution in [0.3, 0.4) is 0 Å². The van der Waals surface area contributed by atoms with Crippen LogP contribution in [0.15, 0.2) is 22.8 Å². The number of primary amides is 1. The Kier molecular flexibility index (Phi) is 6.24. The van der Waals surface area contributed by atoms with Crippen LogP contribution in [-0.2, 0) is 9.59 Å². The summed E-state index contributed by atoms with van der Waals surface area (Å²) in [7, 11) is 0. The van der Waals surface area contributed by atoms with Gasteiger partial charge in [0.1, 0.15) is 6.10 Å². The molecule has 0 spiro atoms. The van der Waals surface area contributed by atoms with Crippen LogP contribution in [0.4, 0.5) is 0 Å². The molecule has 1 heterocycles. The fourth-order valence-electron chi connectivity index (χ4n) is 1.35. The fourth-order valence-corrected chi connectivity index (χ4v) is 1.35. The van der Waals surface area contributed by atoms with E-state index in [0.717, 1.165) is 0 Å². The summed E-state index contributed by atoms with van der Waals surface area (Å²) in [5, 5.41) is 14.0. The van der Waals surface area contributed by atoms with E-state index in [2.05, 4.69) is 10.6 Å². The Morgan fingerprint density at radius 1 is 1.35 bits per heavy atom. The van der Waals surface area contributed by atoms with Crippen molar-refractivity contribution >= 4 is 17.7 Å². The quantitative estimate of drug-likeness (QED) is 0.442. The predicted octanol–water partition coefficient (Wildman–Crippen LogP) is -1.25. The first-order valence-corrected chi connectivity index (χ1v) is 6.06. The van der Waals surface area contributed by atoms with E-state index >= 15 is 0 Å². The van der Waals surface area contributed by atoms with Crippen LogP contribution in [0.5, 0.6) is 0 Å². The summed E-state index contributed by atoms with van der Waals surface area (Å²) in [5.41, 5.74) is 4.83. The molecule has 1 aromatic rings. The van der Waals surface area contributed by atoms with Gasteiger partial charge in [0, 0.05) is 13.0 Å². The van der Waals surface area contributed by atoms with Crippen LogP contribution < -0.4 is 16.4 Å². The van der Waals surface area contributed by atoms with Gasteiger partial charge in [0.2, 0.25) is 11.8 Å². The van der Waals surface area contributed by atoms with Gasteiger partial charge < -0.3 is 25.9 Å². The van der Waals surface area contributed by atoms with Crippen LogP contribution in [0.2, 0.25) is 0 Å². The molecule has 8 nitrogen and oxygen atoms in total. The molecule has 0 saturated carbocycles. The molecule has 0 bridgehead atoms. The van der Waals surface area contributed by atoms with Gasteiger partial charge in [0.05, 0.1) is 12.8 Å². The third kappa shape index (κ3) is 5.53. The van der Waals surface area contributed by atoms with E-state index in [0.29, 0.717) is 13.0 Å². The highest BCUT2D eigenvalue weighted by atomic mass is 16.3. The Labute approximate surface area is 115 Å². The van der Waals surface area contributed by atoms with Crippen molar-refractivity contribution in [1.29, 1.82) is 0 Å². The molecule has 3 amide bonds. The maximum absolute atomic E-state index is 11.5. The minimum Gasteiger partial charge on any atom is -0.459 e. The molecule has 0 saturated heterocycles. The second-order valence-electron chi connectivity index (χ2n) is 4.06. The lowest BCUT2D eigenvalue weighted by atomic mass is 10.2. The van der Waals surface area contributed by atoms with Crippen molar-refractivity contribution in [2.24, 2.45) is 5.73 Å². The van der Waals surface area contributed by atoms with Gasteiger partial charge in [-0.3, -0.25) is 14.4 Å². The summed E-state index contributed by atoms with van der Waals surface area (Å²) in [4.78, 5) is 33.3. The lowest BCUT2D eigenvalue weighted by Gasteiger charge is -2.08. The van der Waals surface area contributed by atoms with E-state index in [-0.39, 0.29) is 30.5 Å². The Hall–Kier alpha value is -2.35. The summed E-state index contributed by atoms with van der Waals surface area (Å²) in [5.74, 6) is -1.37. The number of aliphatic hydroxyl groups excluding tert-OH is 1. The molecule has 8 heteroatoms. The zero-order valence-electron chi connectivity index (χ0n) is 10.8. The maximum Gasteiger partial charge on any atom is 0.286 e. The number of nitrogens with two attached hydrogens (primary N) is 1. The number of amides is 3. The largest absolute Gasteiger partial charge is 0.459 e. The van der Waals surface area contributed by atoms with Crippen molar-refractivity contribution in [2.75, 3.05) is 13.1 Å². The smallest absolute Gasteiger partial charge is 0.286 e. The van der Waals surface area contributed by atoms with E-state index in [1.165, 1.54) is 12.3 Å². The third-order valence-electron chi connectivity index (χ3n) is 2.43. The standard InChI is InChI=1S/C12H17N3O5/c13-11(18)8(16)7-15-10(17)4-1-5-14-12(19)9-3-2-6-20-9/h2-3,6,8,16H,1,4-5,7H2,(H2,13,18)(H,14,19)(H,15,17). The second kappa shape index (κ2) is 7.95. The van der Waals surface area contributed by atoms with Crippen LogP contribution >= 0.6 is 0 Å². The first-order chi connectivity index (χ1) is 9.50. The average Bonchev–Trinajstić information content (AvgIpc) is 2.94. The lowest BCUT2D eigenvalue weighted by Crippen LogP contribution is -2.40. The molecule has 110 valence electrons. The lowest BCUT2D eigenvalue weighted by molar-refractivity contribution is -0.127. The van der Waals surface area contributed by atoms with Gasteiger partial charge in [-0.2, -0.15) is 0 Å². The topological polar surface area (TPSA) is 135 Å². The van der Waals surface area contributed by atoms with Gasteiger partial charge in [-0.1, -0.05) is 0 Å². The Morgan fingerprint density at radius 2 is 2.10 bits per heavy atom. The van der Waals surface area contributed by atoms with Crippen molar-refractivity contribution in [3.63, 3.8) is 0 Å². The monoisotopic (exact) mass is 283 g/mol. The van der Waals surface area contributed by atoms with Crippen molar-refractivity contribution < 1.29 is 23.9 Å². The molecule has 20 heavy (non-hydrogen) atoms. The first kappa shape index (κ1) is 15.7. The van der Waals surface area contributed by atoms with E-state index in [1.807, 2.05) is 0 Å². The van der Waals surface area contributed by atoms with Crippen molar-refractivity contribution in [3.8, 4) is 0 Å². The van der Waals surface area contributed by atoms with Crippen LogP contribution in [0.25, 0.3) is 0 Å². The Balaban J connectivity index is 2.10. The highest BCUT2D eigenvalue weighted by Gasteiger charge is 2.12. The minimum absolute atomic E-state index is 0.157. The van der Waals surface area contributed by atoms with Crippen LogP contribution in [0.1, 0.15) is 23.4 Å². The van der Waals surface area contributed by atoms with E-state index in [1.54, 1.807) is 6.07 Å². The van der Waals surface area contributed by atoms with E-state index in [4.69, 9.17) is 15.3 Å². The van der Waals surface area contributed by atoms with E-state index in [9.17, 15) is 14.4 Å². The number of hydrogen-bond acceptors (Lipinski definition) is 5. The normalized spacial score (nSPS) is 11.7. The first-order valence-electron chi connectivity index (χ1n) is 6.06. The molecule has 1 atom stereocenters. The summed E-state index contributed by atoms with van der Waals surface area (Å²) < 4.78 is 4.90. The SMILES string of the molecule is NC(=O)C(O)CNC(=O)CCCNC(=O)c1ccco1. The number of furan rings is 1. The molecule has 0 aromatic carbocycles. The molecular formula is C12H17N3O5. The number of rotatable bonds is 8. The Morgan fingerprint density at radius 3 is 2.70 bits per heavy atom. The molecule has 0 aliphatic heterocycles. The third-order valence-corrected chi connectivity index (χ3v) is 2.43. The minimum atomic E-state index is -1.39. The van der Waals surface area contributed by atoms with E-state index < -0.39 is 12.0 Å². The van der Waals surface area contributed by atoms with Crippen molar-refractivity contribution in [2.45, 2.75) is 18.9 Å². The number of aliphatic hydroxyl groups is 1. The zero-order chi connectivity index (χ0) is 15.0. The summed E-state index contributed by atoms with van der Waals surface area (Å²) in [6.45, 7) is 0.0955. The fraction of sp³-hybridized carbons (Fsp3) is 0.417. The number of carbonyl (C=O) groups is 3. The van der Waals surface area contributed by atoms with Crippen molar-refractivity contribution in [3.05, 3.63) is 24.2 Å². The van der Waals surface area contributed by atoms with Gasteiger partial charge in [0.25, 0.3) is 5.91 Å². The molecule has 1 rings (SSSR count). The highest BCUT2D eigenvalue weighted by molar-refractivity contribution is 5.91. The van der Waals surface area contributed by atoms with Crippen LogP contribution in [-0.4, -0.2) is 42.0 Å². The molecule has 0 aliphatic carbocycles. The summed E-state index contributed by atoms with van der Waals surface area (Å²) in [6, 6.07) is 3.14. The Bertz CT molecular complexity index is 458. The number of nitrogens with one attached hydrogen (secondary N) is 2. The van der Waals surface area contributed by atoms with Gasteiger partial charge in [0.15, 0.2) is 5.76 Å².